The average Bonchev–Trinajstić information content (AvgIpc) is 2.15. The van der Waals surface area contributed by atoms with Crippen molar-refractivity contribution in [3.63, 3.8) is 0 Å². The molecule has 0 aliphatic carbocycles. The van der Waals surface area contributed by atoms with Crippen molar-refractivity contribution in [1.29, 1.82) is 0 Å². The van der Waals surface area contributed by atoms with Crippen molar-refractivity contribution in [3.8, 4) is 0 Å². The molecule has 1 aliphatic rings. The van der Waals surface area contributed by atoms with Crippen LogP contribution in [0.1, 0.15) is 0 Å². The highest BCUT2D eigenvalue weighted by atomic mass is 19.1. The normalized spacial score (nSPS) is 46.4. The van der Waals surface area contributed by atoms with Gasteiger partial charge in [0.15, 0.2) is 0 Å². The number of hydrogen-bond acceptors (Lipinski definition) is 5. The van der Waals surface area contributed by atoms with Gasteiger partial charge < -0.3 is 25.2 Å². The summed E-state index contributed by atoms with van der Waals surface area (Å²) in [5.74, 6) is 0. The molecule has 4 N–H and O–H groups in total. The van der Waals surface area contributed by atoms with Gasteiger partial charge in [0.25, 0.3) is 0 Å². The Labute approximate surface area is 74.4 Å². The number of aliphatic hydroxyl groups excluding tert-OH is 4. The third-order valence-electron chi connectivity index (χ3n) is 2.14. The highest BCUT2D eigenvalue weighted by molar-refractivity contribution is 4.91. The molecule has 0 aromatic carbocycles. The third kappa shape index (κ3) is 1.97. The number of rotatable bonds is 2. The van der Waals surface area contributed by atoms with Crippen LogP contribution in [-0.4, -0.2) is 64.2 Å². The maximum Gasteiger partial charge on any atom is 0.118 e. The van der Waals surface area contributed by atoms with Crippen LogP contribution in [0, 0.1) is 0 Å². The first-order valence-corrected chi connectivity index (χ1v) is 3.98. The predicted molar refractivity (Wildman–Crippen MR) is 39.7 cm³/mol. The molecule has 78 valence electrons. The van der Waals surface area contributed by atoms with Crippen LogP contribution >= 0.6 is 0 Å². The number of ether oxygens (including phenoxy) is 1. The van der Waals surface area contributed by atoms with E-state index in [1.54, 1.807) is 0 Å². The lowest BCUT2D eigenvalue weighted by molar-refractivity contribution is -0.231. The monoisotopic (exact) mass is 196 g/mol. The Morgan fingerprint density at radius 3 is 2.00 bits per heavy atom. The highest BCUT2D eigenvalue weighted by Crippen LogP contribution is 2.21. The first-order chi connectivity index (χ1) is 6.11. The lowest BCUT2D eigenvalue weighted by Gasteiger charge is -2.38. The molecule has 1 fully saturated rings. The third-order valence-corrected chi connectivity index (χ3v) is 2.14. The molecule has 1 unspecified atom stereocenters. The van der Waals surface area contributed by atoms with E-state index in [1.165, 1.54) is 0 Å². The molecule has 0 radical (unpaired) electrons. The first kappa shape index (κ1) is 10.8. The molecule has 0 aromatic heterocycles. The highest BCUT2D eigenvalue weighted by Gasteiger charge is 2.43. The van der Waals surface area contributed by atoms with Crippen LogP contribution in [0.4, 0.5) is 4.39 Å². The predicted octanol–water partition coefficient (Wildman–Crippen LogP) is -2.20. The smallest absolute Gasteiger partial charge is 0.118 e. The van der Waals surface area contributed by atoms with E-state index < -0.39 is 43.8 Å². The molecule has 6 heteroatoms. The lowest BCUT2D eigenvalue weighted by atomic mass is 9.96. The minimum absolute atomic E-state index is 0.526. The zero-order valence-electron chi connectivity index (χ0n) is 6.88. The Kier molecular flexibility index (Phi) is 3.57. The van der Waals surface area contributed by atoms with E-state index in [-0.39, 0.29) is 0 Å². The van der Waals surface area contributed by atoms with Crippen molar-refractivity contribution in [2.45, 2.75) is 30.5 Å². The maximum absolute atomic E-state index is 12.2. The number of hydrogen-bond donors (Lipinski definition) is 4. The molecule has 1 aliphatic heterocycles. The molecule has 0 saturated carbocycles. The fourth-order valence-corrected chi connectivity index (χ4v) is 1.31. The van der Waals surface area contributed by atoms with Crippen molar-refractivity contribution in [2.75, 3.05) is 13.3 Å². The van der Waals surface area contributed by atoms with Gasteiger partial charge in [0.2, 0.25) is 0 Å². The SMILES string of the molecule is OC[C@H]1OC(CF)[C@H](O)[C@@H](O)[C@@H]1O. The molecule has 5 nitrogen and oxygen atoms in total. The van der Waals surface area contributed by atoms with Crippen LogP contribution in [-0.2, 0) is 4.74 Å². The lowest BCUT2D eigenvalue weighted by Crippen LogP contribution is -2.59. The number of aliphatic hydroxyl groups is 4. The van der Waals surface area contributed by atoms with E-state index in [0.29, 0.717) is 0 Å². The van der Waals surface area contributed by atoms with Gasteiger partial charge in [-0.25, -0.2) is 4.39 Å². The Bertz CT molecular complexity index is 147. The maximum atomic E-state index is 12.2. The van der Waals surface area contributed by atoms with Crippen molar-refractivity contribution in [1.82, 2.24) is 0 Å². The van der Waals surface area contributed by atoms with E-state index >= 15 is 0 Å². The van der Waals surface area contributed by atoms with Crippen molar-refractivity contribution in [2.24, 2.45) is 0 Å². The van der Waals surface area contributed by atoms with Crippen molar-refractivity contribution in [3.05, 3.63) is 0 Å². The molecule has 1 saturated heterocycles. The number of alkyl halides is 1. The summed E-state index contributed by atoms with van der Waals surface area (Å²) in [6, 6.07) is 0. The van der Waals surface area contributed by atoms with Gasteiger partial charge in [-0.2, -0.15) is 0 Å². The molecule has 13 heavy (non-hydrogen) atoms. The standard InChI is InChI=1S/C7H13FO5/c8-1-3-5(10)7(12)6(11)4(2-9)13-3/h3-7,9-12H,1-2H2/t3?,4-,5+,6-,7-/m1/s1. The topological polar surface area (TPSA) is 90.2 Å². The minimum Gasteiger partial charge on any atom is -0.394 e. The first-order valence-electron chi connectivity index (χ1n) is 3.98. The van der Waals surface area contributed by atoms with Crippen LogP contribution in [0.15, 0.2) is 0 Å². The zero-order valence-corrected chi connectivity index (χ0v) is 6.88. The van der Waals surface area contributed by atoms with Crippen LogP contribution in [0.2, 0.25) is 0 Å². The van der Waals surface area contributed by atoms with Gasteiger partial charge in [-0.15, -0.1) is 0 Å². The molecule has 1 rings (SSSR count). The Balaban J connectivity index is 2.66. The van der Waals surface area contributed by atoms with E-state index in [0.717, 1.165) is 0 Å². The molecule has 0 spiro atoms. The second kappa shape index (κ2) is 4.30. The Morgan fingerprint density at radius 1 is 1.00 bits per heavy atom. The van der Waals surface area contributed by atoms with Gasteiger partial charge in [-0.3, -0.25) is 0 Å². The van der Waals surface area contributed by atoms with Crippen molar-refractivity contribution < 1.29 is 29.6 Å². The fourth-order valence-electron chi connectivity index (χ4n) is 1.31. The van der Waals surface area contributed by atoms with Crippen molar-refractivity contribution >= 4 is 0 Å². The fraction of sp³-hybridized carbons (Fsp3) is 1.00. The summed E-state index contributed by atoms with van der Waals surface area (Å²) < 4.78 is 17.0. The summed E-state index contributed by atoms with van der Waals surface area (Å²) in [4.78, 5) is 0. The van der Waals surface area contributed by atoms with Gasteiger partial charge in [0, 0.05) is 0 Å². The van der Waals surface area contributed by atoms with E-state index in [1.807, 2.05) is 0 Å². The molecule has 1 heterocycles. The largest absolute Gasteiger partial charge is 0.394 e. The molecule has 5 atom stereocenters. The summed E-state index contributed by atoms with van der Waals surface area (Å²) in [6.07, 6.45) is -6.55. The van der Waals surface area contributed by atoms with Crippen LogP contribution in [0.3, 0.4) is 0 Å². The van der Waals surface area contributed by atoms with Crippen LogP contribution in [0.25, 0.3) is 0 Å². The summed E-state index contributed by atoms with van der Waals surface area (Å²) in [5.41, 5.74) is 0. The summed E-state index contributed by atoms with van der Waals surface area (Å²) >= 11 is 0. The van der Waals surface area contributed by atoms with Gasteiger partial charge in [-0.05, 0) is 0 Å². The molecule has 0 amide bonds. The van der Waals surface area contributed by atoms with Crippen LogP contribution < -0.4 is 0 Å². The summed E-state index contributed by atoms with van der Waals surface area (Å²) in [5, 5.41) is 36.2. The van der Waals surface area contributed by atoms with Gasteiger partial charge in [0.05, 0.1) is 6.61 Å². The van der Waals surface area contributed by atoms with Gasteiger partial charge in [-0.1, -0.05) is 0 Å². The quantitative estimate of drug-likeness (QED) is 0.402. The van der Waals surface area contributed by atoms with Crippen LogP contribution in [0.5, 0.6) is 0 Å². The van der Waals surface area contributed by atoms with E-state index in [2.05, 4.69) is 0 Å². The van der Waals surface area contributed by atoms with E-state index in [4.69, 9.17) is 14.9 Å². The molecular formula is C7H13FO5. The molecular weight excluding hydrogens is 183 g/mol. The number of halogens is 1. The summed E-state index contributed by atoms with van der Waals surface area (Å²) in [6.45, 7) is -1.50. The Morgan fingerprint density at radius 2 is 1.54 bits per heavy atom. The zero-order chi connectivity index (χ0) is 10.0. The van der Waals surface area contributed by atoms with Gasteiger partial charge in [0.1, 0.15) is 37.2 Å². The Hall–Kier alpha value is -0.270. The summed E-state index contributed by atoms with van der Waals surface area (Å²) in [7, 11) is 0. The van der Waals surface area contributed by atoms with E-state index in [9.17, 15) is 14.6 Å². The van der Waals surface area contributed by atoms with Gasteiger partial charge >= 0.3 is 0 Å². The average molecular weight is 196 g/mol. The second-order valence-corrected chi connectivity index (χ2v) is 3.02. The minimum atomic E-state index is -1.48. The second-order valence-electron chi connectivity index (χ2n) is 3.02. The molecule has 0 aromatic rings. The molecule has 0 bridgehead atoms.